The number of thioether (sulfide) groups is 1. The fourth-order valence-electron chi connectivity index (χ4n) is 2.35. The van der Waals surface area contributed by atoms with Crippen molar-refractivity contribution in [2.75, 3.05) is 6.79 Å². The maximum atomic E-state index is 12.2. The third-order valence-corrected chi connectivity index (χ3v) is 4.43. The van der Waals surface area contributed by atoms with Crippen molar-refractivity contribution < 1.29 is 31.8 Å². The van der Waals surface area contributed by atoms with E-state index in [4.69, 9.17) is 13.9 Å². The summed E-state index contributed by atoms with van der Waals surface area (Å²) >= 11 is 1.27. The summed E-state index contributed by atoms with van der Waals surface area (Å²) in [5.41, 5.74) is 1.49. The number of fused-ring (bicyclic) bond motifs is 1. The van der Waals surface area contributed by atoms with Crippen LogP contribution >= 0.6 is 11.8 Å². The number of halogens is 3. The van der Waals surface area contributed by atoms with Gasteiger partial charge in [-0.15, -0.1) is 23.4 Å². The molecule has 10 heteroatoms. The van der Waals surface area contributed by atoms with Crippen LogP contribution in [0.15, 0.2) is 52.1 Å². The molecule has 2 aromatic carbocycles. The van der Waals surface area contributed by atoms with Crippen LogP contribution in [0.2, 0.25) is 0 Å². The summed E-state index contributed by atoms with van der Waals surface area (Å²) in [7, 11) is 0. The number of alkyl halides is 3. The minimum absolute atomic E-state index is 0.177. The lowest BCUT2D eigenvalue weighted by atomic mass is 10.2. The van der Waals surface area contributed by atoms with Crippen molar-refractivity contribution in [2.45, 2.75) is 17.3 Å². The monoisotopic (exact) mass is 396 g/mol. The Hall–Kier alpha value is -2.88. The maximum absolute atomic E-state index is 12.2. The highest BCUT2D eigenvalue weighted by atomic mass is 32.2. The molecular formula is C17H11F3N2O4S. The van der Waals surface area contributed by atoms with Gasteiger partial charge in [-0.1, -0.05) is 23.9 Å². The van der Waals surface area contributed by atoms with Gasteiger partial charge in [-0.3, -0.25) is 0 Å². The average molecular weight is 396 g/mol. The molecule has 0 atom stereocenters. The van der Waals surface area contributed by atoms with Crippen LogP contribution in [0.3, 0.4) is 0 Å². The Morgan fingerprint density at radius 2 is 1.78 bits per heavy atom. The van der Waals surface area contributed by atoms with Gasteiger partial charge in [-0.05, 0) is 35.9 Å². The summed E-state index contributed by atoms with van der Waals surface area (Å²) in [4.78, 5) is 0. The van der Waals surface area contributed by atoms with Gasteiger partial charge < -0.3 is 18.6 Å². The summed E-state index contributed by atoms with van der Waals surface area (Å²) in [6.07, 6.45) is -4.70. The molecule has 0 saturated heterocycles. The van der Waals surface area contributed by atoms with Crippen LogP contribution in [0.1, 0.15) is 5.56 Å². The van der Waals surface area contributed by atoms with E-state index in [1.165, 1.54) is 23.9 Å². The number of nitrogens with zero attached hydrogens (tertiary/aromatic N) is 2. The molecule has 1 aromatic heterocycles. The molecule has 0 bridgehead atoms. The van der Waals surface area contributed by atoms with Crippen molar-refractivity contribution in [1.29, 1.82) is 0 Å². The normalized spacial score (nSPS) is 13.0. The molecule has 1 aliphatic heterocycles. The summed E-state index contributed by atoms with van der Waals surface area (Å²) in [5.74, 6) is 1.80. The first-order valence-corrected chi connectivity index (χ1v) is 8.66. The lowest BCUT2D eigenvalue weighted by molar-refractivity contribution is -0.274. The standard InChI is InChI=1S/C17H11F3N2O4S/c18-17(19,20)26-12-4-1-10(2-5-12)8-27-16-22-21-15(25-16)11-3-6-13-14(7-11)24-9-23-13/h1-7H,8-9H2. The van der Waals surface area contributed by atoms with Gasteiger partial charge in [0.05, 0.1) is 0 Å². The van der Waals surface area contributed by atoms with E-state index >= 15 is 0 Å². The molecule has 2 heterocycles. The van der Waals surface area contributed by atoms with Gasteiger partial charge in [-0.2, -0.15) is 0 Å². The van der Waals surface area contributed by atoms with Crippen LogP contribution < -0.4 is 14.2 Å². The smallest absolute Gasteiger partial charge is 0.454 e. The third-order valence-electron chi connectivity index (χ3n) is 3.55. The lowest BCUT2D eigenvalue weighted by Gasteiger charge is -2.08. The maximum Gasteiger partial charge on any atom is 0.573 e. The van der Waals surface area contributed by atoms with E-state index in [-0.39, 0.29) is 12.5 Å². The number of benzene rings is 2. The number of hydrogen-bond acceptors (Lipinski definition) is 7. The number of rotatable bonds is 5. The Morgan fingerprint density at radius 3 is 2.56 bits per heavy atom. The second-order valence-electron chi connectivity index (χ2n) is 5.42. The molecular weight excluding hydrogens is 385 g/mol. The second-order valence-corrected chi connectivity index (χ2v) is 6.35. The van der Waals surface area contributed by atoms with E-state index < -0.39 is 6.36 Å². The molecule has 0 unspecified atom stereocenters. The Morgan fingerprint density at radius 1 is 1.00 bits per heavy atom. The Balaban J connectivity index is 1.38. The zero-order valence-corrected chi connectivity index (χ0v) is 14.3. The molecule has 6 nitrogen and oxygen atoms in total. The summed E-state index contributed by atoms with van der Waals surface area (Å²) in [5, 5.41) is 8.31. The predicted octanol–water partition coefficient (Wildman–Crippen LogP) is 4.66. The number of hydrogen-bond donors (Lipinski definition) is 0. The van der Waals surface area contributed by atoms with Crippen LogP contribution in [0.4, 0.5) is 13.2 Å². The lowest BCUT2D eigenvalue weighted by Crippen LogP contribution is -2.16. The van der Waals surface area contributed by atoms with Crippen molar-refractivity contribution in [2.24, 2.45) is 0 Å². The quantitative estimate of drug-likeness (QED) is 0.581. The molecule has 0 saturated carbocycles. The van der Waals surface area contributed by atoms with E-state index in [0.29, 0.717) is 33.9 Å². The zero-order valence-electron chi connectivity index (χ0n) is 13.5. The van der Waals surface area contributed by atoms with Crippen molar-refractivity contribution in [3.05, 3.63) is 48.0 Å². The van der Waals surface area contributed by atoms with Crippen LogP contribution in [0.5, 0.6) is 17.2 Å². The van der Waals surface area contributed by atoms with Crippen LogP contribution in [0.25, 0.3) is 11.5 Å². The van der Waals surface area contributed by atoms with E-state index in [9.17, 15) is 13.2 Å². The first-order chi connectivity index (χ1) is 13.0. The van der Waals surface area contributed by atoms with Crippen molar-refractivity contribution in [3.63, 3.8) is 0 Å². The molecule has 0 radical (unpaired) electrons. The van der Waals surface area contributed by atoms with Gasteiger partial charge in [-0.25, -0.2) is 0 Å². The predicted molar refractivity (Wildman–Crippen MR) is 88.5 cm³/mol. The van der Waals surface area contributed by atoms with Gasteiger partial charge in [0, 0.05) is 11.3 Å². The molecule has 27 heavy (non-hydrogen) atoms. The fourth-order valence-corrected chi connectivity index (χ4v) is 3.07. The molecule has 0 fully saturated rings. The summed E-state index contributed by atoms with van der Waals surface area (Å²) in [6.45, 7) is 0.177. The summed E-state index contributed by atoms with van der Waals surface area (Å²) < 4.78 is 56.5. The zero-order chi connectivity index (χ0) is 18.9. The first-order valence-electron chi connectivity index (χ1n) is 7.67. The number of ether oxygens (including phenoxy) is 3. The Bertz CT molecular complexity index is 944. The second kappa shape index (κ2) is 7.03. The van der Waals surface area contributed by atoms with E-state index in [1.54, 1.807) is 30.3 Å². The van der Waals surface area contributed by atoms with E-state index in [0.717, 1.165) is 5.56 Å². The average Bonchev–Trinajstić information content (AvgIpc) is 3.28. The fraction of sp³-hybridized carbons (Fsp3) is 0.176. The highest BCUT2D eigenvalue weighted by molar-refractivity contribution is 7.98. The Labute approximate surface area is 155 Å². The minimum atomic E-state index is -4.70. The molecule has 1 aliphatic rings. The Kier molecular flexibility index (Phi) is 4.56. The molecule has 0 N–H and O–H groups in total. The van der Waals surface area contributed by atoms with Gasteiger partial charge in [0.15, 0.2) is 11.5 Å². The van der Waals surface area contributed by atoms with Gasteiger partial charge in [0.2, 0.25) is 12.7 Å². The molecule has 4 rings (SSSR count). The first kappa shape index (κ1) is 17.5. The third kappa shape index (κ3) is 4.27. The molecule has 0 aliphatic carbocycles. The van der Waals surface area contributed by atoms with E-state index in [2.05, 4.69) is 14.9 Å². The molecule has 3 aromatic rings. The SMILES string of the molecule is FC(F)(F)Oc1ccc(CSc2nnc(-c3ccc4c(c3)OCO4)o2)cc1. The van der Waals surface area contributed by atoms with E-state index in [1.807, 2.05) is 0 Å². The highest BCUT2D eigenvalue weighted by Gasteiger charge is 2.30. The number of aromatic nitrogens is 2. The molecule has 140 valence electrons. The largest absolute Gasteiger partial charge is 0.573 e. The van der Waals surface area contributed by atoms with Gasteiger partial charge >= 0.3 is 6.36 Å². The van der Waals surface area contributed by atoms with Crippen LogP contribution in [0, 0.1) is 0 Å². The van der Waals surface area contributed by atoms with Crippen molar-refractivity contribution >= 4 is 11.8 Å². The van der Waals surface area contributed by atoms with Crippen LogP contribution in [-0.2, 0) is 5.75 Å². The summed E-state index contributed by atoms with van der Waals surface area (Å²) in [6, 6.07) is 10.9. The minimum Gasteiger partial charge on any atom is -0.454 e. The van der Waals surface area contributed by atoms with Crippen molar-refractivity contribution in [1.82, 2.24) is 10.2 Å². The van der Waals surface area contributed by atoms with Gasteiger partial charge in [0.1, 0.15) is 5.75 Å². The van der Waals surface area contributed by atoms with Crippen molar-refractivity contribution in [3.8, 4) is 28.7 Å². The highest BCUT2D eigenvalue weighted by Crippen LogP contribution is 2.36. The molecule has 0 amide bonds. The topological polar surface area (TPSA) is 66.6 Å². The van der Waals surface area contributed by atoms with Gasteiger partial charge in [0.25, 0.3) is 5.22 Å². The van der Waals surface area contributed by atoms with Crippen LogP contribution in [-0.4, -0.2) is 23.4 Å². The molecule has 0 spiro atoms.